The molecule has 0 bridgehead atoms. The van der Waals surface area contributed by atoms with Gasteiger partial charge in [0.1, 0.15) is 17.7 Å². The Morgan fingerprint density at radius 3 is 1.97 bits per heavy atom. The van der Waals surface area contributed by atoms with E-state index in [2.05, 4.69) is 6.92 Å². The highest BCUT2D eigenvalue weighted by molar-refractivity contribution is 5.90. The van der Waals surface area contributed by atoms with Crippen LogP contribution in [0, 0.1) is 23.4 Å². The van der Waals surface area contributed by atoms with E-state index in [0.717, 1.165) is 31.6 Å². The van der Waals surface area contributed by atoms with Gasteiger partial charge in [0, 0.05) is 6.07 Å². The van der Waals surface area contributed by atoms with Crippen LogP contribution in [0.2, 0.25) is 0 Å². The second-order valence-corrected chi connectivity index (χ2v) is 11.0. The summed E-state index contributed by atoms with van der Waals surface area (Å²) in [4.78, 5) is 12.5. The number of rotatable bonds is 10. The summed E-state index contributed by atoms with van der Waals surface area (Å²) in [6.07, 6.45) is 10.9. The van der Waals surface area contributed by atoms with Crippen molar-refractivity contribution in [3.05, 3.63) is 64.5 Å². The van der Waals surface area contributed by atoms with Crippen LogP contribution in [0.1, 0.15) is 124 Å². The third-order valence-electron chi connectivity index (χ3n) is 8.50. The van der Waals surface area contributed by atoms with Crippen LogP contribution in [-0.2, 0) is 4.74 Å². The van der Waals surface area contributed by atoms with Crippen molar-refractivity contribution in [3.8, 4) is 5.75 Å². The number of halogens is 3. The smallest absolute Gasteiger partial charge is 0.341 e. The normalized spacial score (nSPS) is 23.7. The fourth-order valence-electron chi connectivity index (χ4n) is 6.28. The quantitative estimate of drug-likeness (QED) is 0.227. The molecule has 2 fully saturated rings. The largest absolute Gasteiger partial charge is 0.494 e. The van der Waals surface area contributed by atoms with E-state index in [1.165, 1.54) is 37.8 Å². The van der Waals surface area contributed by atoms with Crippen molar-refractivity contribution in [2.75, 3.05) is 6.61 Å². The molecule has 4 rings (SSSR count). The summed E-state index contributed by atoms with van der Waals surface area (Å²) >= 11 is 0. The number of hydrogen-bond donors (Lipinski definition) is 0. The molecule has 2 aliphatic carbocycles. The Hall–Kier alpha value is -2.50. The van der Waals surface area contributed by atoms with Crippen molar-refractivity contribution in [2.24, 2.45) is 5.92 Å². The molecular formula is C32H41F3O3. The summed E-state index contributed by atoms with van der Waals surface area (Å²) < 4.78 is 55.6. The van der Waals surface area contributed by atoms with Gasteiger partial charge in [-0.25, -0.2) is 18.0 Å². The minimum absolute atomic E-state index is 0.0964. The van der Waals surface area contributed by atoms with Gasteiger partial charge in [0.15, 0.2) is 11.6 Å². The van der Waals surface area contributed by atoms with Crippen LogP contribution in [-0.4, -0.2) is 18.7 Å². The lowest BCUT2D eigenvalue weighted by molar-refractivity contribution is 0.0189. The van der Waals surface area contributed by atoms with E-state index in [1.807, 2.05) is 0 Å². The van der Waals surface area contributed by atoms with Crippen LogP contribution in [0.3, 0.4) is 0 Å². The zero-order valence-electron chi connectivity index (χ0n) is 22.7. The molecule has 0 N–H and O–H groups in total. The maximum absolute atomic E-state index is 15.2. The summed E-state index contributed by atoms with van der Waals surface area (Å²) in [7, 11) is 0. The van der Waals surface area contributed by atoms with Crippen LogP contribution < -0.4 is 4.74 Å². The highest BCUT2D eigenvalue weighted by Crippen LogP contribution is 2.42. The first kappa shape index (κ1) is 28.5. The second-order valence-electron chi connectivity index (χ2n) is 11.0. The fourth-order valence-corrected chi connectivity index (χ4v) is 6.28. The molecule has 38 heavy (non-hydrogen) atoms. The summed E-state index contributed by atoms with van der Waals surface area (Å²) in [5, 5.41) is 0. The Kier molecular flexibility index (Phi) is 10.1. The summed E-state index contributed by atoms with van der Waals surface area (Å²) in [5.41, 5.74) is 0.814. The Balaban J connectivity index is 1.30. The first-order valence-corrected chi connectivity index (χ1v) is 14.5. The van der Waals surface area contributed by atoms with Crippen LogP contribution >= 0.6 is 0 Å². The summed E-state index contributed by atoms with van der Waals surface area (Å²) in [5.74, 6) is -1.74. The van der Waals surface area contributed by atoms with Gasteiger partial charge in [-0.2, -0.15) is 0 Å². The average molecular weight is 531 g/mol. The number of unbranched alkanes of at least 4 members (excludes halogenated alkanes) is 2. The Morgan fingerprint density at radius 2 is 1.42 bits per heavy atom. The molecule has 6 heteroatoms. The van der Waals surface area contributed by atoms with Gasteiger partial charge in [-0.15, -0.1) is 0 Å². The standard InChI is InChI=1S/C32H41F3O3/c1-3-5-6-7-21-8-10-22(11-9-21)26-18-19-27(31(35)30(26)34)23-12-14-24(15-13-23)38-32(36)28-17-16-25(37-4-2)20-29(28)33/h16-24H,3-15H2,1-2H3. The maximum Gasteiger partial charge on any atom is 0.341 e. The van der Waals surface area contributed by atoms with Crippen LogP contribution in [0.4, 0.5) is 13.2 Å². The minimum atomic E-state index is -0.718. The number of benzene rings is 2. The van der Waals surface area contributed by atoms with Crippen LogP contribution in [0.15, 0.2) is 30.3 Å². The predicted molar refractivity (Wildman–Crippen MR) is 143 cm³/mol. The van der Waals surface area contributed by atoms with Gasteiger partial charge in [0.2, 0.25) is 0 Å². The summed E-state index contributed by atoms with van der Waals surface area (Å²) in [6.45, 7) is 4.41. The molecule has 2 saturated carbocycles. The van der Waals surface area contributed by atoms with E-state index >= 15 is 8.78 Å². The van der Waals surface area contributed by atoms with E-state index in [9.17, 15) is 9.18 Å². The molecule has 0 aliphatic heterocycles. The topological polar surface area (TPSA) is 35.5 Å². The number of ether oxygens (including phenoxy) is 2. The van der Waals surface area contributed by atoms with Crippen molar-refractivity contribution in [1.82, 2.24) is 0 Å². The highest BCUT2D eigenvalue weighted by atomic mass is 19.2. The molecule has 0 spiro atoms. The first-order chi connectivity index (χ1) is 18.4. The molecule has 2 aromatic rings. The molecule has 2 aliphatic rings. The van der Waals surface area contributed by atoms with Gasteiger partial charge in [-0.3, -0.25) is 0 Å². The molecule has 2 aromatic carbocycles. The van der Waals surface area contributed by atoms with E-state index in [1.54, 1.807) is 25.1 Å². The molecule has 0 saturated heterocycles. The van der Waals surface area contributed by atoms with Crippen LogP contribution in [0.25, 0.3) is 0 Å². The summed E-state index contributed by atoms with van der Waals surface area (Å²) in [6, 6.07) is 7.66. The minimum Gasteiger partial charge on any atom is -0.494 e. The number of carbonyl (C=O) groups excluding carboxylic acids is 1. The maximum atomic E-state index is 15.2. The zero-order valence-corrected chi connectivity index (χ0v) is 22.7. The van der Waals surface area contributed by atoms with Gasteiger partial charge >= 0.3 is 5.97 Å². The molecular weight excluding hydrogens is 489 g/mol. The van der Waals surface area contributed by atoms with E-state index < -0.39 is 23.4 Å². The van der Waals surface area contributed by atoms with Gasteiger partial charge in [0.05, 0.1) is 12.2 Å². The Bertz CT molecular complexity index is 1070. The molecule has 0 unspecified atom stereocenters. The molecule has 0 radical (unpaired) electrons. The molecule has 0 aromatic heterocycles. The van der Waals surface area contributed by atoms with Gasteiger partial charge in [0.25, 0.3) is 0 Å². The average Bonchev–Trinajstić information content (AvgIpc) is 2.92. The first-order valence-electron chi connectivity index (χ1n) is 14.5. The fraction of sp³-hybridized carbons (Fsp3) is 0.594. The molecule has 0 amide bonds. The van der Waals surface area contributed by atoms with Gasteiger partial charge < -0.3 is 9.47 Å². The lowest BCUT2D eigenvalue weighted by atomic mass is 9.76. The molecule has 0 atom stereocenters. The van der Waals surface area contributed by atoms with Crippen LogP contribution in [0.5, 0.6) is 5.75 Å². The molecule has 0 heterocycles. The number of esters is 1. The number of hydrogen-bond acceptors (Lipinski definition) is 3. The van der Waals surface area contributed by atoms with E-state index in [4.69, 9.17) is 9.47 Å². The van der Waals surface area contributed by atoms with E-state index in [0.29, 0.717) is 49.2 Å². The van der Waals surface area contributed by atoms with Crippen molar-refractivity contribution in [1.29, 1.82) is 0 Å². The molecule has 3 nitrogen and oxygen atoms in total. The lowest BCUT2D eigenvalue weighted by Crippen LogP contribution is -2.25. The Morgan fingerprint density at radius 1 is 0.816 bits per heavy atom. The monoisotopic (exact) mass is 530 g/mol. The number of carbonyl (C=O) groups is 1. The van der Waals surface area contributed by atoms with Gasteiger partial charge in [-0.05, 0) is 99.3 Å². The Labute approximate surface area is 225 Å². The zero-order chi connectivity index (χ0) is 27.1. The van der Waals surface area contributed by atoms with Gasteiger partial charge in [-0.1, -0.05) is 44.7 Å². The SMILES string of the molecule is CCCCCC1CCC(c2ccc(C3CCC(OC(=O)c4ccc(OCC)cc4F)CC3)c(F)c2F)CC1. The van der Waals surface area contributed by atoms with Crippen molar-refractivity contribution < 1.29 is 27.4 Å². The van der Waals surface area contributed by atoms with Crippen molar-refractivity contribution in [2.45, 2.75) is 109 Å². The second kappa shape index (κ2) is 13.5. The third kappa shape index (κ3) is 6.92. The highest BCUT2D eigenvalue weighted by Gasteiger charge is 2.31. The lowest BCUT2D eigenvalue weighted by Gasteiger charge is -2.31. The van der Waals surface area contributed by atoms with E-state index in [-0.39, 0.29) is 23.5 Å². The third-order valence-corrected chi connectivity index (χ3v) is 8.50. The molecule has 208 valence electrons. The van der Waals surface area contributed by atoms with Crippen molar-refractivity contribution >= 4 is 5.97 Å². The van der Waals surface area contributed by atoms with Crippen molar-refractivity contribution in [3.63, 3.8) is 0 Å². The predicted octanol–water partition coefficient (Wildman–Crippen LogP) is 9.24.